The summed E-state index contributed by atoms with van der Waals surface area (Å²) < 4.78 is 5.90. The molecule has 0 N–H and O–H groups in total. The molecule has 2 aromatic carbocycles. The summed E-state index contributed by atoms with van der Waals surface area (Å²) in [6.07, 6.45) is 0. The van der Waals surface area contributed by atoms with E-state index in [2.05, 4.69) is 64.1 Å². The van der Waals surface area contributed by atoms with Gasteiger partial charge in [0, 0.05) is 0 Å². The number of ether oxygens (including phenoxy) is 1. The predicted molar refractivity (Wildman–Crippen MR) is 71.9 cm³/mol. The van der Waals surface area contributed by atoms with Crippen molar-refractivity contribution in [2.45, 2.75) is 27.7 Å². The summed E-state index contributed by atoms with van der Waals surface area (Å²) in [5.74, 6) is 1.82. The van der Waals surface area contributed by atoms with E-state index in [0.717, 1.165) is 11.5 Å². The molecule has 0 atom stereocenters. The van der Waals surface area contributed by atoms with E-state index in [1.54, 1.807) is 0 Å². The molecule has 0 heterocycles. The summed E-state index contributed by atoms with van der Waals surface area (Å²) in [6, 6.07) is 12.5. The number of aryl methyl sites for hydroxylation is 4. The van der Waals surface area contributed by atoms with Gasteiger partial charge in [0.05, 0.1) is 0 Å². The van der Waals surface area contributed by atoms with Crippen LogP contribution in [0.25, 0.3) is 0 Å². The minimum absolute atomic E-state index is 0.910. The lowest BCUT2D eigenvalue weighted by atomic mass is 10.1. The van der Waals surface area contributed by atoms with Gasteiger partial charge in [0.15, 0.2) is 0 Å². The van der Waals surface area contributed by atoms with Crippen molar-refractivity contribution in [2.24, 2.45) is 0 Å². The van der Waals surface area contributed by atoms with Gasteiger partial charge in [0.1, 0.15) is 11.5 Å². The molecule has 0 spiro atoms. The Hall–Kier alpha value is -1.76. The second kappa shape index (κ2) is 4.62. The van der Waals surface area contributed by atoms with Gasteiger partial charge >= 0.3 is 0 Å². The molecule has 0 saturated carbocycles. The van der Waals surface area contributed by atoms with Crippen molar-refractivity contribution < 1.29 is 4.74 Å². The highest BCUT2D eigenvalue weighted by Gasteiger charge is 2.01. The minimum Gasteiger partial charge on any atom is -0.457 e. The SMILES string of the molecule is Cc1cc(C)cc(Oc2cc(C)cc(C)c2)c1. The van der Waals surface area contributed by atoms with Crippen molar-refractivity contribution in [3.8, 4) is 11.5 Å². The van der Waals surface area contributed by atoms with Crippen molar-refractivity contribution in [2.75, 3.05) is 0 Å². The van der Waals surface area contributed by atoms with Crippen molar-refractivity contribution in [3.05, 3.63) is 58.7 Å². The van der Waals surface area contributed by atoms with Gasteiger partial charge in [-0.05, 0) is 74.2 Å². The molecule has 2 rings (SSSR count). The van der Waals surface area contributed by atoms with E-state index in [4.69, 9.17) is 4.74 Å². The highest BCUT2D eigenvalue weighted by Crippen LogP contribution is 2.25. The fourth-order valence-corrected chi connectivity index (χ4v) is 2.12. The first-order chi connectivity index (χ1) is 8.02. The second-order valence-corrected chi connectivity index (χ2v) is 4.75. The highest BCUT2D eigenvalue weighted by molar-refractivity contribution is 5.39. The Bertz CT molecular complexity index is 451. The van der Waals surface area contributed by atoms with E-state index in [9.17, 15) is 0 Å². The van der Waals surface area contributed by atoms with Crippen LogP contribution in [0.2, 0.25) is 0 Å². The molecule has 0 unspecified atom stereocenters. The molecular formula is C16H18O. The van der Waals surface area contributed by atoms with Gasteiger partial charge in [-0.1, -0.05) is 12.1 Å². The lowest BCUT2D eigenvalue weighted by Gasteiger charge is -2.09. The molecule has 1 nitrogen and oxygen atoms in total. The van der Waals surface area contributed by atoms with Crippen LogP contribution in [0.4, 0.5) is 0 Å². The van der Waals surface area contributed by atoms with Crippen molar-refractivity contribution in [1.29, 1.82) is 0 Å². The Morgan fingerprint density at radius 2 is 0.824 bits per heavy atom. The van der Waals surface area contributed by atoms with Gasteiger partial charge in [0.2, 0.25) is 0 Å². The molecule has 0 aliphatic rings. The van der Waals surface area contributed by atoms with Crippen LogP contribution >= 0.6 is 0 Å². The van der Waals surface area contributed by atoms with Crippen LogP contribution < -0.4 is 4.74 Å². The van der Waals surface area contributed by atoms with Crippen LogP contribution in [-0.4, -0.2) is 0 Å². The normalized spacial score (nSPS) is 10.4. The molecule has 0 radical (unpaired) electrons. The van der Waals surface area contributed by atoms with Gasteiger partial charge in [-0.15, -0.1) is 0 Å². The van der Waals surface area contributed by atoms with Crippen LogP contribution in [0.3, 0.4) is 0 Å². The Labute approximate surface area is 103 Å². The molecule has 0 amide bonds. The van der Waals surface area contributed by atoms with Gasteiger partial charge < -0.3 is 4.74 Å². The maximum absolute atomic E-state index is 5.90. The fraction of sp³-hybridized carbons (Fsp3) is 0.250. The number of hydrogen-bond donors (Lipinski definition) is 0. The molecule has 2 aromatic rings. The molecule has 88 valence electrons. The Kier molecular flexibility index (Phi) is 3.19. The molecule has 0 aliphatic heterocycles. The summed E-state index contributed by atoms with van der Waals surface area (Å²) in [7, 11) is 0. The van der Waals surface area contributed by atoms with Crippen LogP contribution in [0.5, 0.6) is 11.5 Å². The third-order valence-corrected chi connectivity index (χ3v) is 2.63. The van der Waals surface area contributed by atoms with Crippen molar-refractivity contribution in [1.82, 2.24) is 0 Å². The zero-order valence-electron chi connectivity index (χ0n) is 10.9. The highest BCUT2D eigenvalue weighted by atomic mass is 16.5. The van der Waals surface area contributed by atoms with E-state index in [1.807, 2.05) is 0 Å². The van der Waals surface area contributed by atoms with E-state index in [1.165, 1.54) is 22.3 Å². The smallest absolute Gasteiger partial charge is 0.127 e. The largest absolute Gasteiger partial charge is 0.457 e. The molecule has 0 aliphatic carbocycles. The molecule has 0 aromatic heterocycles. The van der Waals surface area contributed by atoms with Gasteiger partial charge in [-0.2, -0.15) is 0 Å². The maximum Gasteiger partial charge on any atom is 0.127 e. The van der Waals surface area contributed by atoms with Crippen LogP contribution in [0.1, 0.15) is 22.3 Å². The van der Waals surface area contributed by atoms with Gasteiger partial charge in [-0.3, -0.25) is 0 Å². The first-order valence-corrected chi connectivity index (χ1v) is 5.87. The van der Waals surface area contributed by atoms with E-state index < -0.39 is 0 Å². The van der Waals surface area contributed by atoms with Crippen molar-refractivity contribution in [3.63, 3.8) is 0 Å². The molecule has 1 heteroatoms. The number of benzene rings is 2. The lowest BCUT2D eigenvalue weighted by Crippen LogP contribution is -1.88. The van der Waals surface area contributed by atoms with E-state index in [-0.39, 0.29) is 0 Å². The third kappa shape index (κ3) is 3.10. The van der Waals surface area contributed by atoms with E-state index >= 15 is 0 Å². The van der Waals surface area contributed by atoms with Crippen LogP contribution in [0, 0.1) is 27.7 Å². The van der Waals surface area contributed by atoms with Gasteiger partial charge in [0.25, 0.3) is 0 Å². The molecule has 17 heavy (non-hydrogen) atoms. The monoisotopic (exact) mass is 226 g/mol. The summed E-state index contributed by atoms with van der Waals surface area (Å²) in [5, 5.41) is 0. The third-order valence-electron chi connectivity index (χ3n) is 2.63. The summed E-state index contributed by atoms with van der Waals surface area (Å²) in [5.41, 5.74) is 4.91. The van der Waals surface area contributed by atoms with Crippen LogP contribution in [-0.2, 0) is 0 Å². The molecule has 0 saturated heterocycles. The van der Waals surface area contributed by atoms with Gasteiger partial charge in [-0.25, -0.2) is 0 Å². The number of hydrogen-bond acceptors (Lipinski definition) is 1. The quantitative estimate of drug-likeness (QED) is 0.720. The second-order valence-electron chi connectivity index (χ2n) is 4.75. The first-order valence-electron chi connectivity index (χ1n) is 5.87. The Morgan fingerprint density at radius 1 is 0.529 bits per heavy atom. The molecular weight excluding hydrogens is 208 g/mol. The maximum atomic E-state index is 5.90. The zero-order chi connectivity index (χ0) is 12.4. The summed E-state index contributed by atoms with van der Waals surface area (Å²) in [4.78, 5) is 0. The minimum atomic E-state index is 0.910. The van der Waals surface area contributed by atoms with E-state index in [0.29, 0.717) is 0 Å². The summed E-state index contributed by atoms with van der Waals surface area (Å²) >= 11 is 0. The topological polar surface area (TPSA) is 9.23 Å². The fourth-order valence-electron chi connectivity index (χ4n) is 2.12. The Balaban J connectivity index is 2.31. The first kappa shape index (κ1) is 11.7. The van der Waals surface area contributed by atoms with Crippen LogP contribution in [0.15, 0.2) is 36.4 Å². The zero-order valence-corrected chi connectivity index (χ0v) is 10.9. The van der Waals surface area contributed by atoms with Crippen molar-refractivity contribution >= 4 is 0 Å². The Morgan fingerprint density at radius 3 is 1.12 bits per heavy atom. The predicted octanol–water partition coefficient (Wildman–Crippen LogP) is 4.71. The standard InChI is InChI=1S/C16H18O/c1-11-5-12(2)8-15(7-11)17-16-9-13(3)6-14(4)10-16/h5-10H,1-4H3. The summed E-state index contributed by atoms with van der Waals surface area (Å²) in [6.45, 7) is 8.34. The molecule has 0 fully saturated rings. The lowest BCUT2D eigenvalue weighted by molar-refractivity contribution is 0.481. The number of rotatable bonds is 2. The molecule has 0 bridgehead atoms. The average Bonchev–Trinajstić information content (AvgIpc) is 2.13. The average molecular weight is 226 g/mol.